The smallest absolute Gasteiger partial charge is 0.0417 e. The van der Waals surface area contributed by atoms with Gasteiger partial charge in [0, 0.05) is 0 Å². The summed E-state index contributed by atoms with van der Waals surface area (Å²) in [5.74, 6) is 0. The summed E-state index contributed by atoms with van der Waals surface area (Å²) in [6.45, 7) is 6.03. The average Bonchev–Trinajstić information content (AvgIpc) is 2.31. The Bertz CT molecular complexity index is 92.6. The van der Waals surface area contributed by atoms with Gasteiger partial charge in [0.05, 0.1) is 0 Å². The second-order valence-electron chi connectivity index (χ2n) is 4.94. The van der Waals surface area contributed by atoms with E-state index in [1.165, 1.54) is 77.0 Å². The number of rotatable bonds is 13. The van der Waals surface area contributed by atoms with Gasteiger partial charge in [-0.2, -0.15) is 0 Å². The van der Waals surface area contributed by atoms with Crippen molar-refractivity contribution in [1.29, 1.82) is 0 Å². The van der Waals surface area contributed by atoms with E-state index in [1.807, 2.05) is 0 Å². The van der Waals surface area contributed by atoms with E-state index in [0.29, 0.717) is 0 Å². The Hall–Kier alpha value is 0. The van der Waals surface area contributed by atoms with Crippen molar-refractivity contribution in [3.63, 3.8) is 0 Å². The van der Waals surface area contributed by atoms with Crippen LogP contribution < -0.4 is 0 Å². The summed E-state index contributed by atoms with van der Waals surface area (Å²) >= 11 is 0. The van der Waals surface area contributed by atoms with Crippen LogP contribution in [0, 0.1) is 13.3 Å². The minimum Gasteiger partial charge on any atom is -0.0623 e. The molecule has 0 aromatic rings. The van der Waals surface area contributed by atoms with Gasteiger partial charge in [-0.1, -0.05) is 97.3 Å². The van der Waals surface area contributed by atoms with Crippen LogP contribution in [0.1, 0.15) is 90.4 Å². The van der Waals surface area contributed by atoms with Crippen LogP contribution in [0.25, 0.3) is 0 Å². The highest BCUT2D eigenvalue weighted by Gasteiger charge is 1.92. The Balaban J connectivity index is 2.83. The lowest BCUT2D eigenvalue weighted by atomic mass is 10.0. The number of hydrogen-bond acceptors (Lipinski definition) is 0. The molecule has 0 amide bonds. The van der Waals surface area contributed by atoms with E-state index in [4.69, 9.17) is 0 Å². The van der Waals surface area contributed by atoms with E-state index >= 15 is 0 Å². The Kier molecular flexibility index (Phi) is 15.0. The Labute approximate surface area is 104 Å². The predicted molar refractivity (Wildman–Crippen MR) is 75.4 cm³/mol. The molecule has 0 nitrogen and oxygen atoms in total. The third kappa shape index (κ3) is 14.0. The predicted octanol–water partition coefficient (Wildman–Crippen LogP) is 6.12. The maximum Gasteiger partial charge on any atom is -0.0417 e. The van der Waals surface area contributed by atoms with Crippen LogP contribution >= 0.6 is 0 Å². The zero-order valence-corrected chi connectivity index (χ0v) is 11.5. The molecule has 0 aliphatic heterocycles. The second-order valence-corrected chi connectivity index (χ2v) is 4.94. The monoisotopic (exact) mass is 224 g/mol. The fourth-order valence-corrected chi connectivity index (χ4v) is 2.12. The molecule has 0 aliphatic rings. The molecule has 2 radical (unpaired) electrons. The Morgan fingerprint density at radius 1 is 0.625 bits per heavy atom. The fourth-order valence-electron chi connectivity index (χ4n) is 2.12. The largest absolute Gasteiger partial charge is 0.0623 e. The molecule has 0 rings (SSSR count). The van der Waals surface area contributed by atoms with Gasteiger partial charge in [0.2, 0.25) is 0 Å². The summed E-state index contributed by atoms with van der Waals surface area (Å²) in [7, 11) is 0. The third-order valence-corrected chi connectivity index (χ3v) is 3.24. The minimum absolute atomic E-state index is 1.12. The Morgan fingerprint density at radius 3 is 1.38 bits per heavy atom. The van der Waals surface area contributed by atoms with E-state index in [9.17, 15) is 0 Å². The summed E-state index contributed by atoms with van der Waals surface area (Å²) in [6, 6.07) is 0. The standard InChI is InChI=1S/C16H32/c1-3-5-7-9-11-13-15-16-14-12-10-8-6-4-2/h4H,1,3,5-16H2,2H3. The molecule has 0 unspecified atom stereocenters. The van der Waals surface area contributed by atoms with Crippen molar-refractivity contribution >= 4 is 0 Å². The van der Waals surface area contributed by atoms with Gasteiger partial charge in [-0.15, -0.1) is 0 Å². The van der Waals surface area contributed by atoms with Gasteiger partial charge in [-0.05, 0) is 6.42 Å². The molecule has 0 spiro atoms. The second kappa shape index (κ2) is 15.0. The molecule has 0 saturated heterocycles. The number of hydrogen-bond donors (Lipinski definition) is 0. The van der Waals surface area contributed by atoms with E-state index in [2.05, 4.69) is 20.3 Å². The lowest BCUT2D eigenvalue weighted by Gasteiger charge is -2.02. The van der Waals surface area contributed by atoms with Crippen molar-refractivity contribution < 1.29 is 0 Å². The molecule has 0 fully saturated rings. The van der Waals surface area contributed by atoms with Crippen molar-refractivity contribution in [2.24, 2.45) is 0 Å². The van der Waals surface area contributed by atoms with Crippen molar-refractivity contribution in [3.05, 3.63) is 13.3 Å². The molecule has 0 heteroatoms. The van der Waals surface area contributed by atoms with E-state index in [0.717, 1.165) is 6.42 Å². The summed E-state index contributed by atoms with van der Waals surface area (Å²) in [5, 5.41) is 0. The van der Waals surface area contributed by atoms with Crippen LogP contribution in [-0.2, 0) is 0 Å². The van der Waals surface area contributed by atoms with Crippen LogP contribution in [0.15, 0.2) is 0 Å². The molecular weight excluding hydrogens is 192 g/mol. The minimum atomic E-state index is 1.12. The molecule has 0 heterocycles. The van der Waals surface area contributed by atoms with Crippen molar-refractivity contribution in [2.75, 3.05) is 0 Å². The molecule has 0 aromatic heterocycles. The summed E-state index contributed by atoms with van der Waals surface area (Å²) in [4.78, 5) is 0. The molecule has 0 atom stereocenters. The van der Waals surface area contributed by atoms with Crippen LogP contribution in [0.4, 0.5) is 0 Å². The average molecular weight is 224 g/mol. The van der Waals surface area contributed by atoms with Crippen LogP contribution in [-0.4, -0.2) is 0 Å². The van der Waals surface area contributed by atoms with Crippen molar-refractivity contribution in [3.8, 4) is 0 Å². The van der Waals surface area contributed by atoms with Gasteiger partial charge < -0.3 is 0 Å². The van der Waals surface area contributed by atoms with Gasteiger partial charge in [0.1, 0.15) is 0 Å². The molecule has 0 aliphatic carbocycles. The normalized spacial score (nSPS) is 10.9. The van der Waals surface area contributed by atoms with Crippen molar-refractivity contribution in [2.45, 2.75) is 90.4 Å². The highest BCUT2D eigenvalue weighted by Crippen LogP contribution is 2.12. The fraction of sp³-hybridized carbons (Fsp3) is 0.875. The summed E-state index contributed by atoms with van der Waals surface area (Å²) in [5.41, 5.74) is 0. The van der Waals surface area contributed by atoms with E-state index < -0.39 is 0 Å². The summed E-state index contributed by atoms with van der Waals surface area (Å²) in [6.07, 6.45) is 20.5. The molecular formula is C16H32. The van der Waals surface area contributed by atoms with Crippen LogP contribution in [0.2, 0.25) is 0 Å². The lowest BCUT2D eigenvalue weighted by molar-refractivity contribution is 0.545. The lowest BCUT2D eigenvalue weighted by Crippen LogP contribution is -1.82. The number of unbranched alkanes of at least 4 members (excludes halogenated alkanes) is 13. The molecule has 96 valence electrons. The first-order chi connectivity index (χ1) is 7.91. The first-order valence-electron chi connectivity index (χ1n) is 7.49. The maximum atomic E-state index is 3.87. The topological polar surface area (TPSA) is 0 Å². The van der Waals surface area contributed by atoms with Gasteiger partial charge >= 0.3 is 0 Å². The zero-order chi connectivity index (χ0) is 11.9. The highest BCUT2D eigenvalue weighted by molar-refractivity contribution is 4.55. The molecule has 0 aromatic carbocycles. The van der Waals surface area contributed by atoms with Gasteiger partial charge in [0.25, 0.3) is 0 Å². The van der Waals surface area contributed by atoms with Gasteiger partial charge in [-0.3, -0.25) is 0 Å². The van der Waals surface area contributed by atoms with Gasteiger partial charge in [-0.25, -0.2) is 0 Å². The SMILES string of the molecule is [CH2]CCCCCCCCCCCCC[CH]C. The van der Waals surface area contributed by atoms with E-state index in [-0.39, 0.29) is 0 Å². The third-order valence-electron chi connectivity index (χ3n) is 3.24. The Morgan fingerprint density at radius 2 is 1.00 bits per heavy atom. The molecule has 0 bridgehead atoms. The summed E-state index contributed by atoms with van der Waals surface area (Å²) < 4.78 is 0. The molecule has 0 saturated carbocycles. The maximum absolute atomic E-state index is 3.87. The zero-order valence-electron chi connectivity index (χ0n) is 11.5. The van der Waals surface area contributed by atoms with Crippen LogP contribution in [0.5, 0.6) is 0 Å². The highest BCUT2D eigenvalue weighted by atomic mass is 14.0. The van der Waals surface area contributed by atoms with Crippen LogP contribution in [0.3, 0.4) is 0 Å². The van der Waals surface area contributed by atoms with Crippen molar-refractivity contribution in [1.82, 2.24) is 0 Å². The quantitative estimate of drug-likeness (QED) is 0.331. The van der Waals surface area contributed by atoms with E-state index in [1.54, 1.807) is 0 Å². The first-order valence-corrected chi connectivity index (χ1v) is 7.49. The molecule has 0 N–H and O–H groups in total. The van der Waals surface area contributed by atoms with Gasteiger partial charge in [0.15, 0.2) is 0 Å². The molecule has 16 heavy (non-hydrogen) atoms. The first kappa shape index (κ1) is 16.0.